The SMILES string of the molecule is C=C1C2C(=O)c3cccc4c3C2(CCC4)C(=O)N1C. The molecule has 1 aromatic rings. The monoisotopic (exact) mass is 253 g/mol. The number of allylic oxidation sites excluding steroid dienone is 1. The van der Waals surface area contributed by atoms with Crippen molar-refractivity contribution >= 4 is 11.7 Å². The van der Waals surface area contributed by atoms with E-state index < -0.39 is 5.41 Å². The molecule has 0 aromatic heterocycles. The second kappa shape index (κ2) is 3.16. The minimum absolute atomic E-state index is 0.0572. The molecule has 3 heteroatoms. The first-order valence-electron chi connectivity index (χ1n) is 6.72. The van der Waals surface area contributed by atoms with Crippen LogP contribution in [0.1, 0.15) is 34.3 Å². The summed E-state index contributed by atoms with van der Waals surface area (Å²) in [5.74, 6) is -0.218. The van der Waals surface area contributed by atoms with Crippen molar-refractivity contribution in [1.29, 1.82) is 0 Å². The second-order valence-corrected chi connectivity index (χ2v) is 5.82. The van der Waals surface area contributed by atoms with E-state index in [1.807, 2.05) is 12.1 Å². The zero-order chi connectivity index (χ0) is 13.4. The zero-order valence-electron chi connectivity index (χ0n) is 10.9. The molecule has 96 valence electrons. The largest absolute Gasteiger partial charge is 0.318 e. The highest BCUT2D eigenvalue weighted by Crippen LogP contribution is 2.57. The molecule has 2 atom stereocenters. The van der Waals surface area contributed by atoms with Crippen LogP contribution in [-0.2, 0) is 16.6 Å². The molecule has 0 radical (unpaired) electrons. The topological polar surface area (TPSA) is 37.4 Å². The highest BCUT2D eigenvalue weighted by Gasteiger charge is 2.65. The van der Waals surface area contributed by atoms with E-state index in [-0.39, 0.29) is 17.6 Å². The zero-order valence-corrected chi connectivity index (χ0v) is 10.9. The molecule has 1 amide bonds. The van der Waals surface area contributed by atoms with Crippen molar-refractivity contribution in [2.45, 2.75) is 24.7 Å². The van der Waals surface area contributed by atoms with Crippen molar-refractivity contribution < 1.29 is 9.59 Å². The third-order valence-corrected chi connectivity index (χ3v) is 5.08. The van der Waals surface area contributed by atoms with E-state index in [9.17, 15) is 9.59 Å². The maximum atomic E-state index is 12.8. The number of carbonyl (C=O) groups is 2. The van der Waals surface area contributed by atoms with Gasteiger partial charge in [0.1, 0.15) is 0 Å². The molecule has 19 heavy (non-hydrogen) atoms. The number of likely N-dealkylation sites (N-methyl/N-ethyl adjacent to an activating group) is 1. The standard InChI is InChI=1S/C16H15NO2/c1-9-12-14(18)11-7-3-5-10-6-4-8-16(12,13(10)11)15(19)17(9)2/h3,5,7,12H,1,4,6,8H2,2H3. The summed E-state index contributed by atoms with van der Waals surface area (Å²) in [6.45, 7) is 3.99. The fourth-order valence-electron chi connectivity index (χ4n) is 4.29. The van der Waals surface area contributed by atoms with Crippen LogP contribution in [0, 0.1) is 5.92 Å². The van der Waals surface area contributed by atoms with Crippen molar-refractivity contribution in [2.24, 2.45) is 5.92 Å². The highest BCUT2D eigenvalue weighted by atomic mass is 16.2. The molecule has 1 saturated heterocycles. The van der Waals surface area contributed by atoms with Gasteiger partial charge in [-0.3, -0.25) is 9.59 Å². The molecule has 0 bridgehead atoms. The van der Waals surface area contributed by atoms with Gasteiger partial charge in [0.2, 0.25) is 5.91 Å². The first-order valence-corrected chi connectivity index (χ1v) is 6.72. The molecule has 0 saturated carbocycles. The summed E-state index contributed by atoms with van der Waals surface area (Å²) in [6, 6.07) is 5.86. The van der Waals surface area contributed by atoms with Gasteiger partial charge in [-0.1, -0.05) is 24.8 Å². The Morgan fingerprint density at radius 2 is 2.16 bits per heavy atom. The Labute approximate surface area is 111 Å². The summed E-state index contributed by atoms with van der Waals surface area (Å²) < 4.78 is 0. The van der Waals surface area contributed by atoms with Gasteiger partial charge in [-0.2, -0.15) is 0 Å². The molecule has 2 unspecified atom stereocenters. The number of aryl methyl sites for hydroxylation is 1. The van der Waals surface area contributed by atoms with Gasteiger partial charge < -0.3 is 4.90 Å². The van der Waals surface area contributed by atoms with Crippen molar-refractivity contribution in [1.82, 2.24) is 4.90 Å². The summed E-state index contributed by atoms with van der Waals surface area (Å²) in [5.41, 5.74) is 2.97. The maximum Gasteiger partial charge on any atom is 0.238 e. The predicted molar refractivity (Wildman–Crippen MR) is 70.8 cm³/mol. The number of carbonyl (C=O) groups excluding carboxylic acids is 2. The molecule has 2 aliphatic carbocycles. The fourth-order valence-corrected chi connectivity index (χ4v) is 4.29. The van der Waals surface area contributed by atoms with Gasteiger partial charge in [-0.05, 0) is 30.4 Å². The maximum absolute atomic E-state index is 12.8. The predicted octanol–water partition coefficient (Wildman–Crippen LogP) is 2.06. The fraction of sp³-hybridized carbons (Fsp3) is 0.375. The number of Topliss-reactive ketones (excluding diaryl/α,β-unsaturated/α-hetero) is 1. The van der Waals surface area contributed by atoms with E-state index in [2.05, 4.69) is 12.6 Å². The van der Waals surface area contributed by atoms with Crippen molar-refractivity contribution in [3.8, 4) is 0 Å². The third kappa shape index (κ3) is 0.982. The lowest BCUT2D eigenvalue weighted by atomic mass is 9.67. The summed E-state index contributed by atoms with van der Waals surface area (Å²) >= 11 is 0. The van der Waals surface area contributed by atoms with Gasteiger partial charge in [-0.25, -0.2) is 0 Å². The molecule has 1 aliphatic heterocycles. The van der Waals surface area contributed by atoms with Gasteiger partial charge in [0.25, 0.3) is 0 Å². The van der Waals surface area contributed by atoms with Crippen LogP contribution in [0.5, 0.6) is 0 Å². The number of hydrogen-bond donors (Lipinski definition) is 0. The summed E-state index contributed by atoms with van der Waals surface area (Å²) in [5, 5.41) is 0. The minimum Gasteiger partial charge on any atom is -0.318 e. The number of rotatable bonds is 0. The van der Waals surface area contributed by atoms with Crippen LogP contribution < -0.4 is 0 Å². The lowest BCUT2D eigenvalue weighted by Gasteiger charge is -2.32. The van der Waals surface area contributed by atoms with Crippen LogP contribution in [0.25, 0.3) is 0 Å². The summed E-state index contributed by atoms with van der Waals surface area (Å²) in [4.78, 5) is 27.0. The minimum atomic E-state index is -0.632. The molecule has 1 fully saturated rings. The van der Waals surface area contributed by atoms with E-state index in [0.717, 1.165) is 30.4 Å². The number of likely N-dealkylation sites (tertiary alicyclic amines) is 1. The van der Waals surface area contributed by atoms with E-state index in [4.69, 9.17) is 0 Å². The molecule has 1 aromatic carbocycles. The second-order valence-electron chi connectivity index (χ2n) is 5.82. The Morgan fingerprint density at radius 1 is 1.37 bits per heavy atom. The quantitative estimate of drug-likeness (QED) is 0.709. The van der Waals surface area contributed by atoms with Crippen LogP contribution in [0.3, 0.4) is 0 Å². The Kier molecular flexibility index (Phi) is 1.82. The molecular formula is C16H15NO2. The Hall–Kier alpha value is -1.90. The van der Waals surface area contributed by atoms with Crippen molar-refractivity contribution in [3.05, 3.63) is 47.2 Å². The number of nitrogens with zero attached hydrogens (tertiary/aromatic N) is 1. The van der Waals surface area contributed by atoms with Gasteiger partial charge >= 0.3 is 0 Å². The average Bonchev–Trinajstić information content (AvgIpc) is 2.78. The molecule has 1 spiro atoms. The van der Waals surface area contributed by atoms with Crippen LogP contribution in [0.15, 0.2) is 30.5 Å². The van der Waals surface area contributed by atoms with E-state index in [1.54, 1.807) is 11.9 Å². The van der Waals surface area contributed by atoms with Gasteiger partial charge in [0.05, 0.1) is 11.3 Å². The van der Waals surface area contributed by atoms with Crippen LogP contribution in [0.4, 0.5) is 0 Å². The van der Waals surface area contributed by atoms with Crippen molar-refractivity contribution in [3.63, 3.8) is 0 Å². The number of ketones is 1. The molecular weight excluding hydrogens is 238 g/mol. The molecule has 0 N–H and O–H groups in total. The number of benzene rings is 1. The normalized spacial score (nSPS) is 31.7. The first-order chi connectivity index (χ1) is 9.09. The highest BCUT2D eigenvalue weighted by molar-refractivity contribution is 6.15. The molecule has 3 aliphatic rings. The van der Waals surface area contributed by atoms with Crippen molar-refractivity contribution in [2.75, 3.05) is 7.05 Å². The van der Waals surface area contributed by atoms with E-state index >= 15 is 0 Å². The summed E-state index contributed by atoms with van der Waals surface area (Å²) in [6.07, 6.45) is 2.71. The Bertz CT molecular complexity index is 661. The lowest BCUT2D eigenvalue weighted by Crippen LogP contribution is -2.41. The third-order valence-electron chi connectivity index (χ3n) is 5.08. The Morgan fingerprint density at radius 3 is 2.95 bits per heavy atom. The average molecular weight is 253 g/mol. The number of hydrogen-bond acceptors (Lipinski definition) is 2. The van der Waals surface area contributed by atoms with Gasteiger partial charge in [0.15, 0.2) is 5.78 Å². The van der Waals surface area contributed by atoms with E-state index in [0.29, 0.717) is 5.70 Å². The number of amides is 1. The van der Waals surface area contributed by atoms with Crippen LogP contribution in [-0.4, -0.2) is 23.6 Å². The molecule has 3 nitrogen and oxygen atoms in total. The lowest BCUT2D eigenvalue weighted by molar-refractivity contribution is -0.131. The van der Waals surface area contributed by atoms with Gasteiger partial charge in [-0.15, -0.1) is 0 Å². The van der Waals surface area contributed by atoms with Crippen LogP contribution in [0.2, 0.25) is 0 Å². The summed E-state index contributed by atoms with van der Waals surface area (Å²) in [7, 11) is 1.74. The van der Waals surface area contributed by atoms with E-state index in [1.165, 1.54) is 5.56 Å². The molecule has 4 rings (SSSR count). The van der Waals surface area contributed by atoms with Crippen LogP contribution >= 0.6 is 0 Å². The Balaban J connectivity index is 2.11. The smallest absolute Gasteiger partial charge is 0.238 e. The van der Waals surface area contributed by atoms with Gasteiger partial charge in [0, 0.05) is 18.3 Å². The molecule has 1 heterocycles. The first kappa shape index (κ1) is 11.0.